The van der Waals surface area contributed by atoms with Gasteiger partial charge in [-0.25, -0.2) is 9.59 Å². The molecule has 380 valence electrons. The molecule has 0 saturated carbocycles. The van der Waals surface area contributed by atoms with E-state index in [0.29, 0.717) is 13.0 Å². The first-order valence-corrected chi connectivity index (χ1v) is 19.5. The second-order valence-corrected chi connectivity index (χ2v) is 14.6. The fourth-order valence-corrected chi connectivity index (χ4v) is 5.56. The zero-order chi connectivity index (χ0) is 50.1. The Morgan fingerprint density at radius 1 is 0.870 bits per heavy atom. The number of aliphatic hydroxyl groups excluding tert-OH is 3. The zero-order valence-corrected chi connectivity index (χ0v) is 41.2. The van der Waals surface area contributed by atoms with Crippen LogP contribution in [0.2, 0.25) is 0 Å². The molecule has 32 heteroatoms. The molecule has 0 spiro atoms. The molecule has 0 radical (unpaired) electrons. The summed E-state index contributed by atoms with van der Waals surface area (Å²) in [7, 11) is 0. The maximum atomic E-state index is 12.3. The van der Waals surface area contributed by atoms with Gasteiger partial charge in [0.2, 0.25) is 11.4 Å². The van der Waals surface area contributed by atoms with Crippen LogP contribution < -0.4 is 79.3 Å². The van der Waals surface area contributed by atoms with E-state index in [1.807, 2.05) is 0 Å². The topological polar surface area (TPSA) is 483 Å². The molecule has 2 aromatic heterocycles. The molecule has 0 aliphatic carbocycles. The van der Waals surface area contributed by atoms with Crippen LogP contribution in [0.3, 0.4) is 0 Å². The number of aromatic nitrogens is 4. The second kappa shape index (κ2) is 30.5. The Bertz CT molecular complexity index is 2230. The van der Waals surface area contributed by atoms with Gasteiger partial charge in [0.1, 0.15) is 30.5 Å². The van der Waals surface area contributed by atoms with Crippen molar-refractivity contribution in [3.8, 4) is 0 Å². The van der Waals surface area contributed by atoms with E-state index < -0.39 is 109 Å². The number of nitrogens with zero attached hydrogens (tertiary/aromatic N) is 10. The molecule has 31 nitrogen and oxygen atoms in total. The van der Waals surface area contributed by atoms with Crippen LogP contribution in [0.15, 0.2) is 44.3 Å². The first-order chi connectivity index (χ1) is 30.9. The number of hydrogen-bond acceptors (Lipinski definition) is 25. The first-order valence-electron chi connectivity index (χ1n) is 19.5. The van der Waals surface area contributed by atoms with E-state index in [1.54, 1.807) is 27.7 Å². The number of esters is 5. The van der Waals surface area contributed by atoms with Crippen molar-refractivity contribution in [2.45, 2.75) is 123 Å². The van der Waals surface area contributed by atoms with Crippen molar-refractivity contribution < 1.29 is 134 Å². The number of hydrogen-bond donors (Lipinski definition) is 5. The number of carbonyl (C=O) groups is 5. The van der Waals surface area contributed by atoms with Crippen LogP contribution in [-0.4, -0.2) is 132 Å². The Hall–Kier alpha value is -5.15. The van der Waals surface area contributed by atoms with Crippen molar-refractivity contribution in [3.63, 3.8) is 0 Å². The van der Waals surface area contributed by atoms with E-state index in [4.69, 9.17) is 46.2 Å². The standard InChI is InChI=1S/C15H18N6O8.C9H12N6O5.C8H14O3.C4H7O2.CH4.K.H2O/c1-7(22)26-6-15(19-20-17)12(28-9(3)24)11(27-8(2)23)13(29-15)21-5-4-10(16)18-14(21)25;10-4-1-2-15(8(19)12-4)7-5(17)6(18)9(3-16,20-7)13-14-11;1-5(2)7(9)11-8(10)6(3)4;5-4-2-1-3-6-4;;;/h4-5,11-13H,6H2,1-3H3,(H2,16,18,25);1-2,5-7,16-18H,3H2,(H2,10,12,19);5-6H,1-4H3;4H,1-3H2;1H4;;1H2/q;;;-1;;+1;/p-1/t11-,12-,13+,15+;5-,6-,7+,9+;;;;;/m00...../s1. The number of rotatable bonds is 11. The van der Waals surface area contributed by atoms with Crippen LogP contribution in [0.5, 0.6) is 0 Å². The van der Waals surface area contributed by atoms with Gasteiger partial charge in [-0.05, 0) is 42.3 Å². The van der Waals surface area contributed by atoms with Gasteiger partial charge in [-0.3, -0.25) is 33.1 Å². The third-order valence-corrected chi connectivity index (χ3v) is 8.77. The summed E-state index contributed by atoms with van der Waals surface area (Å²) >= 11 is 0. The van der Waals surface area contributed by atoms with Crippen molar-refractivity contribution >= 4 is 41.5 Å². The average Bonchev–Trinajstić information content (AvgIpc) is 3.89. The largest absolute Gasteiger partial charge is 1.00 e. The number of ether oxygens (including phenoxy) is 7. The van der Waals surface area contributed by atoms with Crippen molar-refractivity contribution in [3.05, 3.63) is 66.4 Å². The van der Waals surface area contributed by atoms with Crippen molar-refractivity contribution in [2.75, 3.05) is 31.3 Å². The SMILES string of the molecule is C.CC(=O)OC[C@@]1(N=[N+]=[N-])O[C@@H](n2ccc(N)nc2=O)[C@@H](OC(C)=O)[C@@H]1OC(C)=O.CC(C)C(=O)OC(=O)C(C)C.[K+].[N-]=[N+]=N[C@]1(CO)O[C@@H](n2ccc(N)nc2=O)[C@@H](O)[C@@H]1O.[O-]C1CCCO1.[OH-]. The van der Waals surface area contributed by atoms with Crippen LogP contribution in [-0.2, 0) is 57.1 Å². The first kappa shape index (κ1) is 65.9. The van der Waals surface area contributed by atoms with Gasteiger partial charge in [-0.1, -0.05) is 45.4 Å². The normalized spacial score (nSPS) is 24.9. The summed E-state index contributed by atoms with van der Waals surface area (Å²) in [5, 5.41) is 45.8. The van der Waals surface area contributed by atoms with E-state index >= 15 is 0 Å². The number of nitrogens with two attached hydrogens (primary N) is 2. The molecule has 9 atom stereocenters. The number of anilines is 2. The molecule has 0 bridgehead atoms. The number of aliphatic hydroxyl groups is 3. The van der Waals surface area contributed by atoms with Gasteiger partial charge in [0.25, 0.3) is 0 Å². The minimum Gasteiger partial charge on any atom is -0.870 e. The van der Waals surface area contributed by atoms with Gasteiger partial charge in [0, 0.05) is 49.6 Å². The summed E-state index contributed by atoms with van der Waals surface area (Å²) in [5.41, 5.74) is 22.4. The molecular formula is C37H56KN12O19-. The predicted octanol–water partition coefficient (Wildman–Crippen LogP) is -3.82. The maximum absolute atomic E-state index is 12.3. The number of azide groups is 2. The quantitative estimate of drug-likeness (QED) is 0.0274. The molecule has 5 heterocycles. The third-order valence-electron chi connectivity index (χ3n) is 8.77. The molecule has 3 aliphatic rings. The van der Waals surface area contributed by atoms with Crippen molar-refractivity contribution in [1.29, 1.82) is 0 Å². The molecule has 1 unspecified atom stereocenters. The van der Waals surface area contributed by atoms with Gasteiger partial charge in [-0.2, -0.15) is 9.97 Å². The summed E-state index contributed by atoms with van der Waals surface area (Å²) in [6.07, 6.45) is -5.75. The molecule has 2 aromatic rings. The van der Waals surface area contributed by atoms with E-state index in [2.05, 4.69) is 39.5 Å². The van der Waals surface area contributed by atoms with Crippen LogP contribution in [0, 0.1) is 11.8 Å². The third kappa shape index (κ3) is 18.9. The number of carbonyl (C=O) groups excluding carboxylic acids is 5. The summed E-state index contributed by atoms with van der Waals surface area (Å²) in [6.45, 7) is 9.10. The molecule has 5 rings (SSSR count). The van der Waals surface area contributed by atoms with Crippen LogP contribution in [0.1, 0.15) is 81.2 Å². The van der Waals surface area contributed by atoms with Crippen molar-refractivity contribution in [2.24, 2.45) is 22.1 Å². The van der Waals surface area contributed by atoms with E-state index in [9.17, 15) is 54.0 Å². The van der Waals surface area contributed by atoms with Crippen LogP contribution in [0.25, 0.3) is 20.9 Å². The molecule has 3 saturated heterocycles. The Balaban J connectivity index is 0. The van der Waals surface area contributed by atoms with Crippen molar-refractivity contribution in [1.82, 2.24) is 19.1 Å². The van der Waals surface area contributed by atoms with Gasteiger partial charge >= 0.3 is 92.6 Å². The molecule has 8 N–H and O–H groups in total. The monoisotopic (exact) mass is 1010 g/mol. The van der Waals surface area contributed by atoms with Gasteiger partial charge < -0.3 is 70.5 Å². The summed E-state index contributed by atoms with van der Waals surface area (Å²) in [4.78, 5) is 92.3. The maximum Gasteiger partial charge on any atom is 1.00 e. The minimum absolute atomic E-state index is 0. The fourth-order valence-electron chi connectivity index (χ4n) is 5.56. The Labute approximate surface area is 435 Å². The van der Waals surface area contributed by atoms with E-state index in [1.165, 1.54) is 24.5 Å². The zero-order valence-electron chi connectivity index (χ0n) is 38.1. The molecule has 3 fully saturated rings. The van der Waals surface area contributed by atoms with Gasteiger partial charge in [-0.15, -0.1) is 0 Å². The molecule has 3 aliphatic heterocycles. The minimum atomic E-state index is -2.13. The summed E-state index contributed by atoms with van der Waals surface area (Å²) < 4.78 is 37.0. The molecule has 0 amide bonds. The summed E-state index contributed by atoms with van der Waals surface area (Å²) in [5.74, 6) is -3.88. The molecule has 69 heavy (non-hydrogen) atoms. The Morgan fingerprint density at radius 2 is 1.33 bits per heavy atom. The Morgan fingerprint density at radius 3 is 1.70 bits per heavy atom. The molecule has 0 aromatic carbocycles. The van der Waals surface area contributed by atoms with Gasteiger partial charge in [0.05, 0.1) is 18.4 Å². The number of nitrogen functional groups attached to an aromatic ring is 2. The van der Waals surface area contributed by atoms with Crippen LogP contribution in [0.4, 0.5) is 11.6 Å². The molecular weight excluding hydrogens is 956 g/mol. The Kier molecular flexibility index (Phi) is 29.1. The fraction of sp³-hybridized carbons (Fsp3) is 0.649. The predicted molar refractivity (Wildman–Crippen MR) is 225 cm³/mol. The van der Waals surface area contributed by atoms with Gasteiger partial charge in [0.15, 0.2) is 24.7 Å². The van der Waals surface area contributed by atoms with E-state index in [-0.39, 0.29) is 87.8 Å². The van der Waals surface area contributed by atoms with Crippen LogP contribution >= 0.6 is 0 Å². The van der Waals surface area contributed by atoms with E-state index in [0.717, 1.165) is 36.3 Å². The summed E-state index contributed by atoms with van der Waals surface area (Å²) in [6, 6.07) is 2.56. The second-order valence-electron chi connectivity index (χ2n) is 14.6. The average molecular weight is 1010 g/mol. The smallest absolute Gasteiger partial charge is 0.870 e.